The zero-order valence-corrected chi connectivity index (χ0v) is 19.2. The molecule has 1 aliphatic rings. The van der Waals surface area contributed by atoms with Crippen LogP contribution in [0.3, 0.4) is 0 Å². The van der Waals surface area contributed by atoms with E-state index in [0.717, 1.165) is 67.0 Å². The number of aromatic nitrogens is 2. The minimum absolute atomic E-state index is 0.197. The van der Waals surface area contributed by atoms with Gasteiger partial charge in [0.15, 0.2) is 0 Å². The summed E-state index contributed by atoms with van der Waals surface area (Å²) in [6.45, 7) is 5.40. The summed E-state index contributed by atoms with van der Waals surface area (Å²) in [7, 11) is 2.17. The summed E-state index contributed by atoms with van der Waals surface area (Å²) in [6.07, 6.45) is 2.45. The molecule has 0 atom stereocenters. The Bertz CT molecular complexity index is 1040. The Labute approximate surface area is 189 Å². The first-order valence-electron chi connectivity index (χ1n) is 10.1. The van der Waals surface area contributed by atoms with Crippen molar-refractivity contribution in [1.29, 1.82) is 0 Å². The lowest BCUT2D eigenvalue weighted by atomic mass is 10.1. The van der Waals surface area contributed by atoms with Gasteiger partial charge in [0.25, 0.3) is 0 Å². The first-order chi connectivity index (χ1) is 14.5. The maximum absolute atomic E-state index is 13.8. The second-order valence-electron chi connectivity index (χ2n) is 7.75. The Morgan fingerprint density at radius 1 is 1.10 bits per heavy atom. The molecular formula is C22H26FIN6. The second kappa shape index (κ2) is 9.40. The number of nitrogen functional groups attached to an aromatic ring is 1. The Morgan fingerprint density at radius 2 is 1.90 bits per heavy atom. The van der Waals surface area contributed by atoms with Crippen molar-refractivity contribution in [1.82, 2.24) is 19.8 Å². The lowest BCUT2D eigenvalue weighted by Gasteiger charge is -2.32. The van der Waals surface area contributed by atoms with Gasteiger partial charge in [0, 0.05) is 53.9 Å². The highest BCUT2D eigenvalue weighted by molar-refractivity contribution is 14.1. The largest absolute Gasteiger partial charge is 0.398 e. The van der Waals surface area contributed by atoms with Crippen LogP contribution in [0.25, 0.3) is 10.9 Å². The van der Waals surface area contributed by atoms with Gasteiger partial charge in [-0.2, -0.15) is 0 Å². The van der Waals surface area contributed by atoms with Crippen LogP contribution >= 0.6 is 22.6 Å². The van der Waals surface area contributed by atoms with Gasteiger partial charge in [-0.1, -0.05) is 22.6 Å². The monoisotopic (exact) mass is 520 g/mol. The summed E-state index contributed by atoms with van der Waals surface area (Å²) in [5.74, 6) is 0.472. The predicted octanol–water partition coefficient (Wildman–Crippen LogP) is 3.82. The number of likely N-dealkylation sites (N-methyl/N-ethyl adjacent to an activating group) is 1. The molecule has 1 fully saturated rings. The fourth-order valence-electron chi connectivity index (χ4n) is 3.72. The van der Waals surface area contributed by atoms with Gasteiger partial charge in [0.1, 0.15) is 18.0 Å². The normalized spacial score (nSPS) is 15.6. The SMILES string of the molecule is CN1CCN(CCc2cc3ncnc(Nc4ccc(F)c(CI)c4)c3cc2N)CC1. The van der Waals surface area contributed by atoms with E-state index in [2.05, 4.69) is 60.8 Å². The van der Waals surface area contributed by atoms with Crippen LogP contribution in [-0.2, 0) is 10.8 Å². The molecule has 1 aliphatic heterocycles. The van der Waals surface area contributed by atoms with Crippen molar-refractivity contribution >= 4 is 50.7 Å². The first kappa shape index (κ1) is 21.2. The van der Waals surface area contributed by atoms with Gasteiger partial charge in [0.2, 0.25) is 0 Å². The fraction of sp³-hybridized carbons (Fsp3) is 0.364. The molecule has 2 heterocycles. The number of fused-ring (bicyclic) bond motifs is 1. The minimum Gasteiger partial charge on any atom is -0.398 e. The number of nitrogens with zero attached hydrogens (tertiary/aromatic N) is 4. The number of nitrogens with two attached hydrogens (primary N) is 1. The molecule has 0 saturated carbocycles. The van der Waals surface area contributed by atoms with Gasteiger partial charge in [-0.15, -0.1) is 0 Å². The molecule has 0 spiro atoms. The van der Waals surface area contributed by atoms with Crippen LogP contribution in [0.5, 0.6) is 0 Å². The molecule has 6 nitrogen and oxygen atoms in total. The summed E-state index contributed by atoms with van der Waals surface area (Å²) in [5, 5.41) is 4.15. The summed E-state index contributed by atoms with van der Waals surface area (Å²) in [5.41, 5.74) is 10.6. The third-order valence-electron chi connectivity index (χ3n) is 5.64. The van der Waals surface area contributed by atoms with E-state index in [1.54, 1.807) is 12.4 Å². The lowest BCUT2D eigenvalue weighted by Crippen LogP contribution is -2.45. The van der Waals surface area contributed by atoms with Gasteiger partial charge in [-0.05, 0) is 54.9 Å². The van der Waals surface area contributed by atoms with Crippen molar-refractivity contribution in [3.63, 3.8) is 0 Å². The third kappa shape index (κ3) is 4.81. The zero-order chi connectivity index (χ0) is 21.1. The van der Waals surface area contributed by atoms with Crippen LogP contribution in [0.2, 0.25) is 0 Å². The number of rotatable bonds is 6. The number of alkyl halides is 1. The van der Waals surface area contributed by atoms with E-state index >= 15 is 0 Å². The van der Waals surface area contributed by atoms with Crippen molar-refractivity contribution in [2.45, 2.75) is 10.8 Å². The van der Waals surface area contributed by atoms with E-state index in [-0.39, 0.29) is 5.82 Å². The van der Waals surface area contributed by atoms with Gasteiger partial charge >= 0.3 is 0 Å². The molecular weight excluding hydrogens is 494 g/mol. The van der Waals surface area contributed by atoms with E-state index in [9.17, 15) is 4.39 Å². The van der Waals surface area contributed by atoms with Gasteiger partial charge in [0.05, 0.1) is 5.52 Å². The second-order valence-corrected chi connectivity index (χ2v) is 8.51. The van der Waals surface area contributed by atoms with E-state index in [4.69, 9.17) is 5.73 Å². The molecule has 30 heavy (non-hydrogen) atoms. The van der Waals surface area contributed by atoms with Gasteiger partial charge in [-0.25, -0.2) is 14.4 Å². The smallest absolute Gasteiger partial charge is 0.141 e. The van der Waals surface area contributed by atoms with Crippen molar-refractivity contribution in [2.75, 3.05) is 50.8 Å². The van der Waals surface area contributed by atoms with Crippen LogP contribution in [-0.4, -0.2) is 59.5 Å². The Morgan fingerprint density at radius 3 is 2.67 bits per heavy atom. The molecule has 0 amide bonds. The molecule has 158 valence electrons. The summed E-state index contributed by atoms with van der Waals surface area (Å²) >= 11 is 2.16. The average molecular weight is 520 g/mol. The average Bonchev–Trinajstić information content (AvgIpc) is 2.75. The van der Waals surface area contributed by atoms with Crippen LogP contribution in [0.15, 0.2) is 36.7 Å². The predicted molar refractivity (Wildman–Crippen MR) is 129 cm³/mol. The van der Waals surface area contributed by atoms with Crippen LogP contribution < -0.4 is 11.1 Å². The standard InChI is InChI=1S/C22H26FIN6/c1-29-6-8-30(9-7-29)5-4-15-11-21-18(12-20(15)25)22(27-14-26-21)28-17-2-3-19(23)16(10-17)13-24/h2-3,10-12,14H,4-9,13,25H2,1H3,(H,26,27,28). The van der Waals surface area contributed by atoms with Gasteiger partial charge in [-0.3, -0.25) is 0 Å². The molecule has 0 unspecified atom stereocenters. The molecule has 0 aliphatic carbocycles. The first-order valence-corrected chi connectivity index (χ1v) is 11.6. The number of piperazine rings is 1. The molecule has 4 rings (SSSR count). The minimum atomic E-state index is -0.197. The molecule has 0 bridgehead atoms. The number of nitrogens with one attached hydrogen (secondary N) is 1. The number of hydrogen-bond acceptors (Lipinski definition) is 6. The van der Waals surface area contributed by atoms with Crippen molar-refractivity contribution < 1.29 is 4.39 Å². The molecule has 2 aromatic carbocycles. The maximum atomic E-state index is 13.8. The molecule has 3 N–H and O–H groups in total. The molecule has 0 radical (unpaired) electrons. The van der Waals surface area contributed by atoms with E-state index < -0.39 is 0 Å². The Hall–Kier alpha value is -2.04. The zero-order valence-electron chi connectivity index (χ0n) is 17.0. The fourth-order valence-corrected chi connectivity index (χ4v) is 4.31. The maximum Gasteiger partial charge on any atom is 0.141 e. The topological polar surface area (TPSA) is 70.3 Å². The number of halogens is 2. The van der Waals surface area contributed by atoms with Crippen molar-refractivity contribution in [2.24, 2.45) is 0 Å². The van der Waals surface area contributed by atoms with Crippen molar-refractivity contribution in [3.05, 3.63) is 53.6 Å². The highest BCUT2D eigenvalue weighted by Crippen LogP contribution is 2.28. The highest BCUT2D eigenvalue weighted by atomic mass is 127. The lowest BCUT2D eigenvalue weighted by molar-refractivity contribution is 0.155. The van der Waals surface area contributed by atoms with E-state index in [1.165, 1.54) is 6.07 Å². The van der Waals surface area contributed by atoms with Crippen LogP contribution in [0.1, 0.15) is 11.1 Å². The van der Waals surface area contributed by atoms with Crippen LogP contribution in [0.4, 0.5) is 21.6 Å². The highest BCUT2D eigenvalue weighted by Gasteiger charge is 2.15. The van der Waals surface area contributed by atoms with Crippen molar-refractivity contribution in [3.8, 4) is 0 Å². The molecule has 1 saturated heterocycles. The number of hydrogen-bond donors (Lipinski definition) is 2. The summed E-state index contributed by atoms with van der Waals surface area (Å²) in [4.78, 5) is 13.7. The molecule has 3 aromatic rings. The van der Waals surface area contributed by atoms with E-state index in [1.807, 2.05) is 12.1 Å². The number of anilines is 3. The summed E-state index contributed by atoms with van der Waals surface area (Å²) < 4.78 is 14.4. The van der Waals surface area contributed by atoms with E-state index in [0.29, 0.717) is 15.8 Å². The quantitative estimate of drug-likeness (QED) is 0.293. The third-order valence-corrected chi connectivity index (χ3v) is 6.46. The Kier molecular flexibility index (Phi) is 6.64. The Balaban J connectivity index is 1.54. The summed E-state index contributed by atoms with van der Waals surface area (Å²) in [6, 6.07) is 9.01. The van der Waals surface area contributed by atoms with Crippen LogP contribution in [0, 0.1) is 5.82 Å². The molecule has 1 aromatic heterocycles. The van der Waals surface area contributed by atoms with Gasteiger partial charge < -0.3 is 20.9 Å². The number of benzene rings is 2. The molecule has 8 heteroatoms.